The van der Waals surface area contributed by atoms with E-state index >= 15 is 0 Å². The number of ether oxygens (including phenoxy) is 2. The molecule has 0 amide bonds. The van der Waals surface area contributed by atoms with Crippen LogP contribution < -0.4 is 0 Å². The molecule has 3 atom stereocenters. The molecule has 0 fully saturated rings. The monoisotopic (exact) mass is 382 g/mol. The van der Waals surface area contributed by atoms with Crippen molar-refractivity contribution in [3.63, 3.8) is 0 Å². The molecule has 0 aliphatic heterocycles. The third-order valence-electron chi connectivity index (χ3n) is 4.39. The highest BCUT2D eigenvalue weighted by Crippen LogP contribution is 2.32. The molecule has 1 aromatic rings. The Kier molecular flexibility index (Phi) is 8.50. The summed E-state index contributed by atoms with van der Waals surface area (Å²) in [6.45, 7) is 10.7. The Balaban J connectivity index is 2.80. The Hall–Kier alpha value is -2.34. The van der Waals surface area contributed by atoms with Crippen molar-refractivity contribution in [2.45, 2.75) is 38.7 Å². The van der Waals surface area contributed by atoms with E-state index in [2.05, 4.69) is 13.2 Å². The van der Waals surface area contributed by atoms with Crippen molar-refractivity contribution in [1.29, 1.82) is 0 Å². The van der Waals surface area contributed by atoms with Crippen LogP contribution in [0.5, 0.6) is 0 Å². The third kappa shape index (κ3) is 6.71. The van der Waals surface area contributed by atoms with Crippen LogP contribution in [-0.2, 0) is 20.4 Å². The van der Waals surface area contributed by atoms with Crippen LogP contribution in [0.4, 0.5) is 13.2 Å². The summed E-state index contributed by atoms with van der Waals surface area (Å²) < 4.78 is 48.6. The van der Waals surface area contributed by atoms with Gasteiger partial charge in [-0.2, -0.15) is 13.2 Å². The average Bonchev–Trinajstić information content (AvgIpc) is 2.64. The van der Waals surface area contributed by atoms with Gasteiger partial charge in [-0.3, -0.25) is 4.79 Å². The molecule has 0 saturated carbocycles. The zero-order chi connectivity index (χ0) is 20.6. The van der Waals surface area contributed by atoms with Crippen LogP contribution in [0, 0.1) is 5.92 Å². The minimum absolute atomic E-state index is 0.319. The molecule has 0 bridgehead atoms. The van der Waals surface area contributed by atoms with Crippen LogP contribution in [0.15, 0.2) is 61.2 Å². The van der Waals surface area contributed by atoms with E-state index in [4.69, 9.17) is 9.47 Å². The number of benzene rings is 1. The van der Waals surface area contributed by atoms with Gasteiger partial charge in [0.15, 0.2) is 0 Å². The Labute approximate surface area is 158 Å². The topological polar surface area (TPSA) is 35.5 Å². The van der Waals surface area contributed by atoms with Crippen molar-refractivity contribution in [1.82, 2.24) is 0 Å². The van der Waals surface area contributed by atoms with Crippen molar-refractivity contribution in [2.75, 3.05) is 7.11 Å². The summed E-state index contributed by atoms with van der Waals surface area (Å²) in [5.74, 6) is -1.37. The number of alkyl halides is 3. The first-order chi connectivity index (χ1) is 12.6. The predicted molar refractivity (Wildman–Crippen MR) is 99.0 cm³/mol. The number of hydrogen-bond donors (Lipinski definition) is 0. The second-order valence-corrected chi connectivity index (χ2v) is 6.18. The Morgan fingerprint density at radius 2 is 1.78 bits per heavy atom. The van der Waals surface area contributed by atoms with Gasteiger partial charge in [0.25, 0.3) is 0 Å². The van der Waals surface area contributed by atoms with Gasteiger partial charge in [0.1, 0.15) is 0 Å². The maximum absolute atomic E-state index is 12.7. The van der Waals surface area contributed by atoms with Gasteiger partial charge in [-0.05, 0) is 29.2 Å². The van der Waals surface area contributed by atoms with Crippen LogP contribution in [0.3, 0.4) is 0 Å². The summed E-state index contributed by atoms with van der Waals surface area (Å²) in [6.07, 6.45) is 0.0976. The van der Waals surface area contributed by atoms with Crippen molar-refractivity contribution in [2.24, 2.45) is 5.92 Å². The van der Waals surface area contributed by atoms with E-state index in [0.717, 1.165) is 17.7 Å². The Morgan fingerprint density at radius 1 is 1.19 bits per heavy atom. The lowest BCUT2D eigenvalue weighted by atomic mass is 9.88. The first-order valence-corrected chi connectivity index (χ1v) is 8.48. The Morgan fingerprint density at radius 3 is 2.22 bits per heavy atom. The fourth-order valence-electron chi connectivity index (χ4n) is 2.44. The van der Waals surface area contributed by atoms with E-state index in [1.54, 1.807) is 32.1 Å². The molecule has 0 aliphatic carbocycles. The number of carbonyl (C=O) groups is 1. The highest BCUT2D eigenvalue weighted by atomic mass is 19.4. The standard InChI is InChI=1S/C21H25F3O3/c1-6-8-16(7-2)13-19(26-5)27-20(25)15(4)14(3)17-9-11-18(12-10-17)21(22,23)24/h6-12,14-15,19H,1-2,13H2,3-5H3/b16-8+. The maximum Gasteiger partial charge on any atom is 0.416 e. The van der Waals surface area contributed by atoms with Gasteiger partial charge in [-0.15, -0.1) is 0 Å². The van der Waals surface area contributed by atoms with E-state index in [1.165, 1.54) is 19.2 Å². The van der Waals surface area contributed by atoms with Crippen molar-refractivity contribution >= 4 is 5.97 Å². The molecule has 0 aromatic heterocycles. The first kappa shape index (κ1) is 22.7. The number of esters is 1. The molecule has 6 heteroatoms. The molecule has 0 saturated heterocycles. The lowest BCUT2D eigenvalue weighted by Gasteiger charge is -2.23. The predicted octanol–water partition coefficient (Wildman–Crippen LogP) is 5.65. The van der Waals surface area contributed by atoms with Crippen LogP contribution in [0.25, 0.3) is 0 Å². The van der Waals surface area contributed by atoms with Crippen molar-refractivity contribution in [3.8, 4) is 0 Å². The number of halogens is 3. The van der Waals surface area contributed by atoms with E-state index < -0.39 is 29.9 Å². The highest BCUT2D eigenvalue weighted by Gasteiger charge is 2.31. The third-order valence-corrected chi connectivity index (χ3v) is 4.39. The van der Waals surface area contributed by atoms with Gasteiger partial charge in [-0.1, -0.05) is 57.4 Å². The van der Waals surface area contributed by atoms with Gasteiger partial charge in [-0.25, -0.2) is 0 Å². The van der Waals surface area contributed by atoms with Gasteiger partial charge >= 0.3 is 12.1 Å². The van der Waals surface area contributed by atoms with E-state index in [1.807, 2.05) is 0 Å². The van der Waals surface area contributed by atoms with E-state index in [0.29, 0.717) is 12.0 Å². The van der Waals surface area contributed by atoms with Gasteiger partial charge in [0.2, 0.25) is 6.29 Å². The summed E-state index contributed by atoms with van der Waals surface area (Å²) in [5, 5.41) is 0. The smallest absolute Gasteiger partial charge is 0.416 e. The molecule has 0 heterocycles. The van der Waals surface area contributed by atoms with Crippen LogP contribution >= 0.6 is 0 Å². The number of allylic oxidation sites excluding steroid dienone is 3. The molecular formula is C21H25F3O3. The summed E-state index contributed by atoms with van der Waals surface area (Å²) in [7, 11) is 1.43. The van der Waals surface area contributed by atoms with Crippen LogP contribution in [-0.4, -0.2) is 19.4 Å². The molecule has 0 spiro atoms. The molecule has 1 aromatic carbocycles. The fraction of sp³-hybridized carbons (Fsp3) is 0.381. The molecule has 0 aliphatic rings. The fourth-order valence-corrected chi connectivity index (χ4v) is 2.44. The number of methoxy groups -OCH3 is 1. The summed E-state index contributed by atoms with van der Waals surface area (Å²) >= 11 is 0. The highest BCUT2D eigenvalue weighted by molar-refractivity contribution is 5.73. The molecule has 0 N–H and O–H groups in total. The summed E-state index contributed by atoms with van der Waals surface area (Å²) in [6, 6.07) is 4.79. The maximum atomic E-state index is 12.7. The van der Waals surface area contributed by atoms with Gasteiger partial charge in [0, 0.05) is 13.5 Å². The Bertz CT molecular complexity index is 675. The lowest BCUT2D eigenvalue weighted by molar-refractivity contribution is -0.177. The number of rotatable bonds is 9. The quantitative estimate of drug-likeness (QED) is 0.315. The first-order valence-electron chi connectivity index (χ1n) is 8.48. The largest absolute Gasteiger partial charge is 0.435 e. The number of hydrogen-bond acceptors (Lipinski definition) is 3. The molecule has 148 valence electrons. The minimum atomic E-state index is -4.39. The summed E-state index contributed by atoms with van der Waals surface area (Å²) in [4.78, 5) is 12.4. The van der Waals surface area contributed by atoms with Crippen molar-refractivity contribution < 1.29 is 27.4 Å². The SMILES string of the molecule is C=C/C=C(\C=C)CC(OC)OC(=O)C(C)C(C)c1ccc(C(F)(F)F)cc1. The molecule has 0 radical (unpaired) electrons. The van der Waals surface area contributed by atoms with Gasteiger partial charge in [0.05, 0.1) is 11.5 Å². The van der Waals surface area contributed by atoms with Crippen molar-refractivity contribution in [3.05, 3.63) is 72.4 Å². The second kappa shape index (κ2) is 10.1. The molecule has 1 rings (SSSR count). The van der Waals surface area contributed by atoms with E-state index in [-0.39, 0.29) is 5.92 Å². The number of carbonyl (C=O) groups excluding carboxylic acids is 1. The van der Waals surface area contributed by atoms with Crippen LogP contribution in [0.2, 0.25) is 0 Å². The lowest BCUT2D eigenvalue weighted by Crippen LogP contribution is -2.27. The molecule has 3 unspecified atom stereocenters. The van der Waals surface area contributed by atoms with Crippen LogP contribution in [0.1, 0.15) is 37.3 Å². The minimum Gasteiger partial charge on any atom is -0.435 e. The summed E-state index contributed by atoms with van der Waals surface area (Å²) in [5.41, 5.74) is 0.701. The van der Waals surface area contributed by atoms with E-state index in [9.17, 15) is 18.0 Å². The molecule has 27 heavy (non-hydrogen) atoms. The second-order valence-electron chi connectivity index (χ2n) is 6.18. The molecule has 3 nitrogen and oxygen atoms in total. The zero-order valence-corrected chi connectivity index (χ0v) is 15.8. The average molecular weight is 382 g/mol. The zero-order valence-electron chi connectivity index (χ0n) is 15.8. The van der Waals surface area contributed by atoms with Gasteiger partial charge < -0.3 is 9.47 Å². The normalized spacial score (nSPS) is 15.6. The molecular weight excluding hydrogens is 357 g/mol.